The molecule has 0 atom stereocenters. The monoisotopic (exact) mass is 460 g/mol. The highest BCUT2D eigenvalue weighted by Crippen LogP contribution is 2.42. The van der Waals surface area contributed by atoms with Gasteiger partial charge in [0.1, 0.15) is 0 Å². The summed E-state index contributed by atoms with van der Waals surface area (Å²) in [6.07, 6.45) is 5.59. The minimum absolute atomic E-state index is 0.935. The van der Waals surface area contributed by atoms with E-state index in [0.717, 1.165) is 16.8 Å². The van der Waals surface area contributed by atoms with E-state index < -0.39 is 0 Å². The topological polar surface area (TPSA) is 25.8 Å². The third-order valence-electron chi connectivity index (χ3n) is 7.39. The fourth-order valence-electron chi connectivity index (χ4n) is 5.69. The van der Waals surface area contributed by atoms with Crippen LogP contribution in [-0.2, 0) is 0 Å². The largest absolute Gasteiger partial charge is 0.264 e. The van der Waals surface area contributed by atoms with E-state index in [1.807, 2.05) is 24.5 Å². The second-order valence-corrected chi connectivity index (χ2v) is 9.63. The normalized spacial score (nSPS) is 11.6. The van der Waals surface area contributed by atoms with Gasteiger partial charge in [-0.05, 0) is 92.2 Å². The molecule has 7 aromatic rings. The van der Waals surface area contributed by atoms with Crippen LogP contribution in [0.3, 0.4) is 0 Å². The molecule has 5 aromatic carbocycles. The molecule has 0 saturated heterocycles. The zero-order chi connectivity index (χ0) is 24.2. The van der Waals surface area contributed by atoms with Crippen LogP contribution < -0.4 is 0 Å². The molecule has 170 valence electrons. The molecule has 0 aliphatic rings. The highest BCUT2D eigenvalue weighted by molar-refractivity contribution is 6.26. The molecule has 0 fully saturated rings. The summed E-state index contributed by atoms with van der Waals surface area (Å²) in [6, 6.07) is 33.0. The van der Waals surface area contributed by atoms with Crippen LogP contribution in [0.1, 0.15) is 11.1 Å². The average molecular weight is 461 g/mol. The lowest BCUT2D eigenvalue weighted by molar-refractivity contribution is 1.28. The van der Waals surface area contributed by atoms with Gasteiger partial charge in [-0.25, -0.2) is 0 Å². The van der Waals surface area contributed by atoms with Crippen LogP contribution >= 0.6 is 0 Å². The first-order valence-electron chi connectivity index (χ1n) is 12.3. The molecule has 0 N–H and O–H groups in total. The second-order valence-electron chi connectivity index (χ2n) is 9.63. The van der Waals surface area contributed by atoms with Crippen LogP contribution in [0.2, 0.25) is 0 Å². The predicted molar refractivity (Wildman–Crippen MR) is 152 cm³/mol. The van der Waals surface area contributed by atoms with Crippen molar-refractivity contribution >= 4 is 32.3 Å². The van der Waals surface area contributed by atoms with Crippen molar-refractivity contribution < 1.29 is 0 Å². The molecule has 2 nitrogen and oxygen atoms in total. The van der Waals surface area contributed by atoms with Gasteiger partial charge < -0.3 is 0 Å². The number of pyridine rings is 2. The van der Waals surface area contributed by atoms with Gasteiger partial charge in [0.2, 0.25) is 0 Å². The SMILES string of the molecule is Cc1cc(-c2ccc(-c3cccnc3)nc2)ccc1-c1c(C)cc2ccc3cccc4ccc1c2c34. The van der Waals surface area contributed by atoms with Crippen molar-refractivity contribution in [1.82, 2.24) is 9.97 Å². The van der Waals surface area contributed by atoms with E-state index in [4.69, 9.17) is 4.98 Å². The first-order chi connectivity index (χ1) is 17.7. The standard InChI is InChI=1S/C34H24N2/c1-21-17-25(27-12-15-31(36-20-27)28-7-4-16-35-19-28)11-13-29(21)32-22(2)18-26-9-8-23-5-3-6-24-10-14-30(32)34(26)33(23)24/h3-20H,1-2H3. The van der Waals surface area contributed by atoms with Gasteiger partial charge in [0, 0.05) is 29.7 Å². The Morgan fingerprint density at radius 2 is 1.36 bits per heavy atom. The van der Waals surface area contributed by atoms with Crippen LogP contribution in [0, 0.1) is 13.8 Å². The van der Waals surface area contributed by atoms with Gasteiger partial charge in [-0.2, -0.15) is 0 Å². The quantitative estimate of drug-likeness (QED) is 0.246. The molecule has 7 rings (SSSR count). The Bertz CT molecular complexity index is 1870. The molecule has 2 heterocycles. The Balaban J connectivity index is 1.36. The number of aryl methyl sites for hydroxylation is 2. The first kappa shape index (κ1) is 20.8. The van der Waals surface area contributed by atoms with Crippen LogP contribution in [0.5, 0.6) is 0 Å². The lowest BCUT2D eigenvalue weighted by atomic mass is 9.85. The maximum atomic E-state index is 4.70. The van der Waals surface area contributed by atoms with Gasteiger partial charge in [0.25, 0.3) is 0 Å². The number of hydrogen-bond donors (Lipinski definition) is 0. The Hall–Kier alpha value is -4.56. The van der Waals surface area contributed by atoms with Gasteiger partial charge in [-0.15, -0.1) is 0 Å². The van der Waals surface area contributed by atoms with Crippen LogP contribution in [0.25, 0.3) is 65.8 Å². The molecule has 2 heteroatoms. The minimum atomic E-state index is 0.935. The minimum Gasteiger partial charge on any atom is -0.264 e. The Morgan fingerprint density at radius 3 is 2.11 bits per heavy atom. The molecular formula is C34H24N2. The number of hydrogen-bond acceptors (Lipinski definition) is 2. The number of aromatic nitrogens is 2. The summed E-state index contributed by atoms with van der Waals surface area (Å²) in [6.45, 7) is 4.45. The van der Waals surface area contributed by atoms with Crippen LogP contribution in [0.4, 0.5) is 0 Å². The highest BCUT2D eigenvalue weighted by Gasteiger charge is 2.16. The van der Waals surface area contributed by atoms with Gasteiger partial charge in [0.15, 0.2) is 0 Å². The van der Waals surface area contributed by atoms with Crippen molar-refractivity contribution in [2.45, 2.75) is 13.8 Å². The number of rotatable bonds is 3. The molecular weight excluding hydrogens is 436 g/mol. The second kappa shape index (κ2) is 8.00. The van der Waals surface area contributed by atoms with Crippen molar-refractivity contribution in [3.05, 3.63) is 121 Å². The van der Waals surface area contributed by atoms with E-state index in [0.29, 0.717) is 0 Å². The van der Waals surface area contributed by atoms with E-state index in [2.05, 4.69) is 97.7 Å². The van der Waals surface area contributed by atoms with Gasteiger partial charge in [-0.3, -0.25) is 9.97 Å². The van der Waals surface area contributed by atoms with Crippen molar-refractivity contribution in [1.29, 1.82) is 0 Å². The molecule has 0 amide bonds. The van der Waals surface area contributed by atoms with Crippen LogP contribution in [-0.4, -0.2) is 9.97 Å². The summed E-state index contributed by atoms with van der Waals surface area (Å²) in [5, 5.41) is 7.97. The van der Waals surface area contributed by atoms with Crippen molar-refractivity contribution in [3.63, 3.8) is 0 Å². The Kier molecular flexibility index (Phi) is 4.62. The summed E-state index contributed by atoms with van der Waals surface area (Å²) in [4.78, 5) is 8.90. The van der Waals surface area contributed by atoms with Gasteiger partial charge in [0.05, 0.1) is 5.69 Å². The number of nitrogens with zero attached hydrogens (tertiary/aromatic N) is 2. The van der Waals surface area contributed by atoms with Crippen molar-refractivity contribution in [2.75, 3.05) is 0 Å². The van der Waals surface area contributed by atoms with Gasteiger partial charge in [-0.1, -0.05) is 72.8 Å². The first-order valence-corrected chi connectivity index (χ1v) is 12.3. The predicted octanol–water partition coefficient (Wildman–Crippen LogP) is 8.99. The summed E-state index contributed by atoms with van der Waals surface area (Å²) in [7, 11) is 0. The lowest BCUT2D eigenvalue weighted by Crippen LogP contribution is -1.93. The molecule has 2 aromatic heterocycles. The molecule has 0 bridgehead atoms. The Labute approximate surface area is 210 Å². The Morgan fingerprint density at radius 1 is 0.556 bits per heavy atom. The van der Waals surface area contributed by atoms with E-state index >= 15 is 0 Å². The summed E-state index contributed by atoms with van der Waals surface area (Å²) >= 11 is 0. The lowest BCUT2D eigenvalue weighted by Gasteiger charge is -2.18. The maximum absolute atomic E-state index is 4.70. The third-order valence-corrected chi connectivity index (χ3v) is 7.39. The smallest absolute Gasteiger partial charge is 0.0717 e. The maximum Gasteiger partial charge on any atom is 0.0717 e. The van der Waals surface area contributed by atoms with E-state index in [-0.39, 0.29) is 0 Å². The molecule has 0 saturated carbocycles. The molecule has 0 unspecified atom stereocenters. The number of benzene rings is 5. The molecule has 0 aliphatic carbocycles. The van der Waals surface area contributed by atoms with E-state index in [9.17, 15) is 0 Å². The summed E-state index contributed by atoms with van der Waals surface area (Å²) < 4.78 is 0. The average Bonchev–Trinajstić information content (AvgIpc) is 2.92. The van der Waals surface area contributed by atoms with E-state index in [1.54, 1.807) is 6.20 Å². The molecule has 0 aliphatic heterocycles. The summed E-state index contributed by atoms with van der Waals surface area (Å²) in [5.41, 5.74) is 9.44. The zero-order valence-electron chi connectivity index (χ0n) is 20.3. The van der Waals surface area contributed by atoms with E-state index in [1.165, 1.54) is 60.1 Å². The van der Waals surface area contributed by atoms with Gasteiger partial charge >= 0.3 is 0 Å². The van der Waals surface area contributed by atoms with Crippen molar-refractivity contribution in [3.8, 4) is 33.5 Å². The molecule has 0 spiro atoms. The zero-order valence-corrected chi connectivity index (χ0v) is 20.3. The molecule has 0 radical (unpaired) electrons. The van der Waals surface area contributed by atoms with Crippen molar-refractivity contribution in [2.24, 2.45) is 0 Å². The fraction of sp³-hybridized carbons (Fsp3) is 0.0588. The summed E-state index contributed by atoms with van der Waals surface area (Å²) in [5.74, 6) is 0. The highest BCUT2D eigenvalue weighted by atomic mass is 14.7. The molecule has 36 heavy (non-hydrogen) atoms. The fourth-order valence-corrected chi connectivity index (χ4v) is 5.69. The third kappa shape index (κ3) is 3.19. The van der Waals surface area contributed by atoms with Crippen LogP contribution in [0.15, 0.2) is 110 Å².